The summed E-state index contributed by atoms with van der Waals surface area (Å²) in [6.45, 7) is 1.79. The normalized spacial score (nSPS) is 19.4. The molecule has 0 spiro atoms. The third-order valence-electron chi connectivity index (χ3n) is 9.64. The third-order valence-corrected chi connectivity index (χ3v) is 9.64. The minimum Gasteiger partial charge on any atom is -0.502 e. The van der Waals surface area contributed by atoms with Crippen LogP contribution in [0.1, 0.15) is 45.5 Å². The van der Waals surface area contributed by atoms with Crippen molar-refractivity contribution in [1.82, 2.24) is 9.80 Å². The van der Waals surface area contributed by atoms with E-state index in [1.807, 2.05) is 30.3 Å². The number of likely N-dealkylation sites (N-methyl/N-ethyl adjacent to an activating group) is 2. The molecule has 45 heavy (non-hydrogen) atoms. The van der Waals surface area contributed by atoms with Gasteiger partial charge in [0.2, 0.25) is 5.75 Å². The van der Waals surface area contributed by atoms with E-state index in [1.165, 1.54) is 11.1 Å². The van der Waals surface area contributed by atoms with Gasteiger partial charge < -0.3 is 28.8 Å². The molecule has 2 unspecified atom stereocenters. The summed E-state index contributed by atoms with van der Waals surface area (Å²) in [6, 6.07) is 20.6. The number of rotatable bonds is 3. The maximum absolute atomic E-state index is 11.6. The van der Waals surface area contributed by atoms with Gasteiger partial charge in [0.25, 0.3) is 0 Å². The van der Waals surface area contributed by atoms with Gasteiger partial charge in [-0.15, -0.1) is 0 Å². The Morgan fingerprint density at radius 1 is 0.689 bits per heavy atom. The van der Waals surface area contributed by atoms with Gasteiger partial charge in [-0.05, 0) is 110 Å². The lowest BCUT2D eigenvalue weighted by atomic mass is 9.87. The average molecular weight is 609 g/mol. The van der Waals surface area contributed by atoms with Crippen molar-refractivity contribution in [2.24, 2.45) is 0 Å². The first-order valence-corrected chi connectivity index (χ1v) is 15.5. The molecule has 1 N–H and O–H groups in total. The van der Waals surface area contributed by atoms with E-state index >= 15 is 0 Å². The Bertz CT molecular complexity index is 1750. The van der Waals surface area contributed by atoms with E-state index in [2.05, 4.69) is 54.2 Å². The van der Waals surface area contributed by atoms with Crippen LogP contribution >= 0.6 is 0 Å². The van der Waals surface area contributed by atoms with E-state index in [4.69, 9.17) is 23.7 Å². The maximum atomic E-state index is 11.6. The minimum atomic E-state index is -0.0740. The maximum Gasteiger partial charge on any atom is 0.201 e. The molecule has 6 bridgehead atoms. The summed E-state index contributed by atoms with van der Waals surface area (Å²) in [5.74, 6) is 4.10. The highest BCUT2D eigenvalue weighted by molar-refractivity contribution is 5.63. The zero-order valence-electron chi connectivity index (χ0n) is 26.6. The summed E-state index contributed by atoms with van der Waals surface area (Å²) in [7, 11) is 9.20. The van der Waals surface area contributed by atoms with Crippen molar-refractivity contribution in [3.63, 3.8) is 0 Å². The monoisotopic (exact) mass is 608 g/mol. The summed E-state index contributed by atoms with van der Waals surface area (Å²) in [5, 5.41) is 11.6. The second-order valence-corrected chi connectivity index (χ2v) is 12.3. The van der Waals surface area contributed by atoms with Crippen LogP contribution in [0.2, 0.25) is 0 Å². The summed E-state index contributed by atoms with van der Waals surface area (Å²) in [6.07, 6.45) is 3.17. The molecule has 4 heterocycles. The van der Waals surface area contributed by atoms with Crippen molar-refractivity contribution in [3.8, 4) is 46.0 Å². The van der Waals surface area contributed by atoms with Gasteiger partial charge >= 0.3 is 0 Å². The van der Waals surface area contributed by atoms with Gasteiger partial charge in [0.15, 0.2) is 34.5 Å². The molecular formula is C37H40N2O6. The molecule has 8 nitrogen and oxygen atoms in total. The molecular weight excluding hydrogens is 568 g/mol. The van der Waals surface area contributed by atoms with Gasteiger partial charge in [0.1, 0.15) is 5.75 Å². The lowest BCUT2D eigenvalue weighted by molar-refractivity contribution is 0.220. The van der Waals surface area contributed by atoms with Crippen molar-refractivity contribution in [2.75, 3.05) is 48.5 Å². The molecule has 0 fully saturated rings. The SMILES string of the molecule is COc1cc2ccc1Oc1cccc(c1)CC1c3cc(c(OC)cc3CCN1C)Oc1c(O)c(OC)cc3c1C(C2)N(C)CC3. The van der Waals surface area contributed by atoms with Crippen LogP contribution in [-0.2, 0) is 25.7 Å². The van der Waals surface area contributed by atoms with Crippen molar-refractivity contribution in [2.45, 2.75) is 37.8 Å². The first kappa shape index (κ1) is 29.3. The molecule has 234 valence electrons. The third kappa shape index (κ3) is 5.32. The van der Waals surface area contributed by atoms with Crippen LogP contribution in [0.25, 0.3) is 0 Å². The zero-order valence-corrected chi connectivity index (χ0v) is 26.6. The van der Waals surface area contributed by atoms with E-state index in [0.29, 0.717) is 40.9 Å². The fraction of sp³-hybridized carbons (Fsp3) is 0.351. The predicted octanol–water partition coefficient (Wildman–Crippen LogP) is 6.86. The number of phenolic OH excluding ortho intramolecular Hbond substituents is 1. The lowest BCUT2D eigenvalue weighted by Crippen LogP contribution is -2.34. The van der Waals surface area contributed by atoms with Crippen LogP contribution in [0.3, 0.4) is 0 Å². The van der Waals surface area contributed by atoms with Gasteiger partial charge in [-0.25, -0.2) is 0 Å². The van der Waals surface area contributed by atoms with E-state index in [0.717, 1.165) is 60.4 Å². The number of aromatic hydroxyl groups is 1. The van der Waals surface area contributed by atoms with Crippen molar-refractivity contribution < 1.29 is 28.8 Å². The molecule has 4 aromatic carbocycles. The number of hydrogen-bond donors (Lipinski definition) is 1. The Kier molecular flexibility index (Phi) is 7.71. The first-order valence-electron chi connectivity index (χ1n) is 15.5. The number of methoxy groups -OCH3 is 3. The summed E-state index contributed by atoms with van der Waals surface area (Å²) in [5.41, 5.74) is 6.72. The highest BCUT2D eigenvalue weighted by Crippen LogP contribution is 2.51. The number of ether oxygens (including phenoxy) is 5. The van der Waals surface area contributed by atoms with E-state index < -0.39 is 0 Å². The van der Waals surface area contributed by atoms with Crippen LogP contribution < -0.4 is 23.7 Å². The molecule has 0 aliphatic carbocycles. The fourth-order valence-corrected chi connectivity index (χ4v) is 7.13. The largest absolute Gasteiger partial charge is 0.502 e. The molecule has 8 rings (SSSR count). The highest BCUT2D eigenvalue weighted by Gasteiger charge is 2.34. The summed E-state index contributed by atoms with van der Waals surface area (Å²) < 4.78 is 30.6. The van der Waals surface area contributed by atoms with E-state index in [1.54, 1.807) is 21.3 Å². The van der Waals surface area contributed by atoms with E-state index in [-0.39, 0.29) is 17.8 Å². The molecule has 4 aliphatic heterocycles. The Labute approximate surface area is 264 Å². The summed E-state index contributed by atoms with van der Waals surface area (Å²) >= 11 is 0. The quantitative estimate of drug-likeness (QED) is 0.271. The molecule has 2 atom stereocenters. The standard InChI is InChI=1S/C37H40N2O6/c1-38-13-11-24-19-32(42-4)33-21-27(24)28(38)16-22-7-6-8-26(15-22)44-30-10-9-23(18-31(30)41-3)17-29-35-25(12-14-39(29)2)20-34(43-5)36(40)37(35)45-33/h6-10,15,18-21,28-29,40H,11-14,16-17H2,1-5H3. The number of nitrogens with zero attached hydrogens (tertiary/aromatic N) is 2. The number of hydrogen-bond acceptors (Lipinski definition) is 8. The predicted molar refractivity (Wildman–Crippen MR) is 173 cm³/mol. The van der Waals surface area contributed by atoms with Gasteiger partial charge in [-0.3, -0.25) is 9.80 Å². The molecule has 8 heteroatoms. The van der Waals surface area contributed by atoms with Crippen LogP contribution in [0, 0.1) is 0 Å². The molecule has 4 aliphatic rings. The lowest BCUT2D eigenvalue weighted by Gasteiger charge is -2.37. The molecule has 0 saturated heterocycles. The molecule has 0 amide bonds. The van der Waals surface area contributed by atoms with Crippen LogP contribution in [0.15, 0.2) is 60.7 Å². The summed E-state index contributed by atoms with van der Waals surface area (Å²) in [4.78, 5) is 4.71. The van der Waals surface area contributed by atoms with Crippen molar-refractivity contribution in [1.29, 1.82) is 0 Å². The Morgan fingerprint density at radius 2 is 1.36 bits per heavy atom. The molecule has 4 aromatic rings. The Hall–Kier alpha value is -4.40. The molecule has 0 saturated carbocycles. The number of benzene rings is 4. The van der Waals surface area contributed by atoms with Gasteiger partial charge in [-0.1, -0.05) is 18.2 Å². The first-order chi connectivity index (χ1) is 21.9. The second kappa shape index (κ2) is 11.8. The number of phenols is 1. The Morgan fingerprint density at radius 3 is 2.13 bits per heavy atom. The van der Waals surface area contributed by atoms with Crippen LogP contribution in [0.5, 0.6) is 46.0 Å². The second-order valence-electron chi connectivity index (χ2n) is 12.3. The average Bonchev–Trinajstić information content (AvgIpc) is 3.05. The molecule has 0 radical (unpaired) electrons. The Balaban J connectivity index is 1.46. The topological polar surface area (TPSA) is 72.9 Å². The van der Waals surface area contributed by atoms with Crippen LogP contribution in [-0.4, -0.2) is 63.4 Å². The van der Waals surface area contributed by atoms with Gasteiger partial charge in [0.05, 0.1) is 21.3 Å². The molecule has 0 aromatic heterocycles. The minimum absolute atomic E-state index is 0.0162. The number of fused-ring (bicyclic) bond motifs is 2. The van der Waals surface area contributed by atoms with Crippen LogP contribution in [0.4, 0.5) is 0 Å². The fourth-order valence-electron chi connectivity index (χ4n) is 7.13. The highest BCUT2D eigenvalue weighted by atomic mass is 16.5. The smallest absolute Gasteiger partial charge is 0.201 e. The van der Waals surface area contributed by atoms with Gasteiger partial charge in [-0.2, -0.15) is 0 Å². The van der Waals surface area contributed by atoms with E-state index in [9.17, 15) is 5.11 Å². The van der Waals surface area contributed by atoms with Crippen molar-refractivity contribution in [3.05, 3.63) is 94.0 Å². The van der Waals surface area contributed by atoms with Crippen molar-refractivity contribution >= 4 is 0 Å². The van der Waals surface area contributed by atoms with Gasteiger partial charge in [0, 0.05) is 30.7 Å². The zero-order chi connectivity index (χ0) is 31.2.